The molecule has 6 heteroatoms. The van der Waals surface area contributed by atoms with Gasteiger partial charge in [-0.1, -0.05) is 22.9 Å². The molecule has 0 aliphatic carbocycles. The molecule has 18 heavy (non-hydrogen) atoms. The highest BCUT2D eigenvalue weighted by atomic mass is 79.9. The van der Waals surface area contributed by atoms with Gasteiger partial charge in [0.1, 0.15) is 0 Å². The van der Waals surface area contributed by atoms with Gasteiger partial charge >= 0.3 is 0 Å². The average molecular weight is 333 g/mol. The molecule has 0 saturated carbocycles. The van der Waals surface area contributed by atoms with Crippen LogP contribution < -0.4 is 5.32 Å². The third-order valence-corrected chi connectivity index (χ3v) is 4.09. The largest absolute Gasteiger partial charge is 0.309 e. The molecule has 1 atom stereocenters. The van der Waals surface area contributed by atoms with Gasteiger partial charge in [-0.25, -0.2) is 0 Å². The van der Waals surface area contributed by atoms with E-state index in [1.54, 1.807) is 12.1 Å². The molecule has 0 aliphatic heterocycles. The molecule has 1 N–H and O–H groups in total. The molecule has 0 bridgehead atoms. The molecule has 0 fully saturated rings. The Hall–Kier alpha value is -0.590. The van der Waals surface area contributed by atoms with Crippen LogP contribution in [0.15, 0.2) is 22.7 Å². The predicted molar refractivity (Wildman–Crippen MR) is 80.1 cm³/mol. The molecule has 0 amide bonds. The van der Waals surface area contributed by atoms with Crippen molar-refractivity contribution in [3.05, 3.63) is 38.3 Å². The summed E-state index contributed by atoms with van der Waals surface area (Å²) < 4.78 is 0.862. The molecular weight excluding hydrogens is 316 g/mol. The fourth-order valence-electron chi connectivity index (χ4n) is 1.51. The molecule has 0 aromatic heterocycles. The summed E-state index contributed by atoms with van der Waals surface area (Å²) in [6, 6.07) is 5.36. The summed E-state index contributed by atoms with van der Waals surface area (Å²) in [5.74, 6) is 2.10. The summed E-state index contributed by atoms with van der Waals surface area (Å²) in [5.41, 5.74) is 0.878. The Balaban J connectivity index is 2.65. The van der Waals surface area contributed by atoms with Crippen molar-refractivity contribution in [3.63, 3.8) is 0 Å². The number of nitro benzene ring substituents is 1. The molecule has 0 saturated heterocycles. The van der Waals surface area contributed by atoms with Gasteiger partial charge in [0, 0.05) is 34.4 Å². The van der Waals surface area contributed by atoms with E-state index >= 15 is 0 Å². The number of hydrogen-bond acceptors (Lipinski definition) is 4. The molecule has 4 nitrogen and oxygen atoms in total. The quantitative estimate of drug-likeness (QED) is 0.612. The number of benzene rings is 1. The molecule has 1 rings (SSSR count). The lowest BCUT2D eigenvalue weighted by Gasteiger charge is -2.13. The first kappa shape index (κ1) is 15.5. The number of nitrogens with one attached hydrogen (secondary N) is 1. The highest BCUT2D eigenvalue weighted by molar-refractivity contribution is 9.10. The highest BCUT2D eigenvalue weighted by Crippen LogP contribution is 2.23. The molecule has 1 aromatic carbocycles. The minimum atomic E-state index is -0.338. The number of rotatable bonds is 7. The lowest BCUT2D eigenvalue weighted by molar-refractivity contribution is -0.385. The van der Waals surface area contributed by atoms with Crippen LogP contribution in [0.5, 0.6) is 0 Å². The van der Waals surface area contributed by atoms with Crippen LogP contribution in [-0.2, 0) is 6.54 Å². The van der Waals surface area contributed by atoms with E-state index in [9.17, 15) is 10.1 Å². The maximum atomic E-state index is 10.9. The molecule has 0 spiro atoms. The molecule has 0 aliphatic rings. The second kappa shape index (κ2) is 7.76. The SMILES string of the molecule is CCSCC(C)NCc1cc(Br)ccc1[N+](=O)[O-]. The van der Waals surface area contributed by atoms with E-state index < -0.39 is 0 Å². The maximum absolute atomic E-state index is 10.9. The normalized spacial score (nSPS) is 12.4. The van der Waals surface area contributed by atoms with Crippen molar-refractivity contribution >= 4 is 33.4 Å². The van der Waals surface area contributed by atoms with Crippen LogP contribution in [0.3, 0.4) is 0 Å². The van der Waals surface area contributed by atoms with Gasteiger partial charge in [-0.05, 0) is 24.8 Å². The summed E-state index contributed by atoms with van der Waals surface area (Å²) in [7, 11) is 0. The summed E-state index contributed by atoms with van der Waals surface area (Å²) in [5, 5.41) is 14.2. The molecule has 0 heterocycles. The average Bonchev–Trinajstić information content (AvgIpc) is 2.33. The Bertz CT molecular complexity index is 415. The summed E-state index contributed by atoms with van der Waals surface area (Å²) in [6.07, 6.45) is 0. The topological polar surface area (TPSA) is 55.2 Å². The minimum Gasteiger partial charge on any atom is -0.309 e. The first-order chi connectivity index (χ1) is 8.54. The van der Waals surface area contributed by atoms with Crippen LogP contribution >= 0.6 is 27.7 Å². The van der Waals surface area contributed by atoms with E-state index in [0.29, 0.717) is 18.2 Å². The van der Waals surface area contributed by atoms with E-state index in [2.05, 4.69) is 35.1 Å². The highest BCUT2D eigenvalue weighted by Gasteiger charge is 2.14. The van der Waals surface area contributed by atoms with Gasteiger partial charge in [-0.2, -0.15) is 11.8 Å². The molecular formula is C12H17BrN2O2S. The second-order valence-corrected chi connectivity index (χ2v) is 6.21. The van der Waals surface area contributed by atoms with Crippen molar-refractivity contribution < 1.29 is 4.92 Å². The first-order valence-electron chi connectivity index (χ1n) is 5.78. The van der Waals surface area contributed by atoms with Crippen molar-refractivity contribution in [1.29, 1.82) is 0 Å². The van der Waals surface area contributed by atoms with Gasteiger partial charge in [0.2, 0.25) is 0 Å². The number of nitro groups is 1. The Labute approximate surface area is 120 Å². The van der Waals surface area contributed by atoms with Crippen molar-refractivity contribution in [2.24, 2.45) is 0 Å². The zero-order valence-electron chi connectivity index (χ0n) is 10.5. The number of halogens is 1. The van der Waals surface area contributed by atoms with Crippen LogP contribution in [0.1, 0.15) is 19.4 Å². The third kappa shape index (κ3) is 4.96. The smallest absolute Gasteiger partial charge is 0.273 e. The van der Waals surface area contributed by atoms with Gasteiger partial charge in [0.15, 0.2) is 0 Å². The van der Waals surface area contributed by atoms with Crippen LogP contribution in [0.4, 0.5) is 5.69 Å². The lowest BCUT2D eigenvalue weighted by Crippen LogP contribution is -2.28. The van der Waals surface area contributed by atoms with Gasteiger partial charge in [-0.3, -0.25) is 10.1 Å². The van der Waals surface area contributed by atoms with E-state index in [1.165, 1.54) is 6.07 Å². The van der Waals surface area contributed by atoms with Gasteiger partial charge in [-0.15, -0.1) is 0 Å². The van der Waals surface area contributed by atoms with Gasteiger partial charge in [0.05, 0.1) is 4.92 Å². The fraction of sp³-hybridized carbons (Fsp3) is 0.500. The van der Waals surface area contributed by atoms with Gasteiger partial charge in [0.25, 0.3) is 5.69 Å². The standard InChI is InChI=1S/C12H17BrN2O2S/c1-3-18-8-9(2)14-7-10-6-11(13)4-5-12(10)15(16)17/h4-6,9,14H,3,7-8H2,1-2H3. The fourth-order valence-corrected chi connectivity index (χ4v) is 2.63. The van der Waals surface area contributed by atoms with E-state index in [1.807, 2.05) is 11.8 Å². The molecule has 0 radical (unpaired) electrons. The van der Waals surface area contributed by atoms with Crippen molar-refractivity contribution in [2.75, 3.05) is 11.5 Å². The summed E-state index contributed by atoms with van der Waals surface area (Å²) in [4.78, 5) is 10.6. The number of hydrogen-bond donors (Lipinski definition) is 1. The first-order valence-corrected chi connectivity index (χ1v) is 7.73. The van der Waals surface area contributed by atoms with E-state index in [4.69, 9.17) is 0 Å². The Morgan fingerprint density at radius 2 is 2.28 bits per heavy atom. The molecule has 100 valence electrons. The monoisotopic (exact) mass is 332 g/mol. The Morgan fingerprint density at radius 1 is 1.56 bits per heavy atom. The summed E-state index contributed by atoms with van der Waals surface area (Å²) in [6.45, 7) is 4.73. The van der Waals surface area contributed by atoms with Crippen molar-refractivity contribution in [3.8, 4) is 0 Å². The van der Waals surface area contributed by atoms with E-state index in [0.717, 1.165) is 16.0 Å². The summed E-state index contributed by atoms with van der Waals surface area (Å²) >= 11 is 5.20. The van der Waals surface area contributed by atoms with Crippen LogP contribution in [0.25, 0.3) is 0 Å². The number of nitrogens with zero attached hydrogens (tertiary/aromatic N) is 1. The third-order valence-electron chi connectivity index (χ3n) is 2.45. The van der Waals surface area contributed by atoms with Crippen molar-refractivity contribution in [1.82, 2.24) is 5.32 Å². The van der Waals surface area contributed by atoms with Crippen LogP contribution in [0, 0.1) is 10.1 Å². The Morgan fingerprint density at radius 3 is 2.89 bits per heavy atom. The Kier molecular flexibility index (Phi) is 6.67. The van der Waals surface area contributed by atoms with Crippen LogP contribution in [0.2, 0.25) is 0 Å². The zero-order chi connectivity index (χ0) is 13.5. The van der Waals surface area contributed by atoms with Gasteiger partial charge < -0.3 is 5.32 Å². The van der Waals surface area contributed by atoms with Crippen LogP contribution in [-0.4, -0.2) is 22.5 Å². The second-order valence-electron chi connectivity index (χ2n) is 3.97. The maximum Gasteiger partial charge on any atom is 0.273 e. The number of thioether (sulfide) groups is 1. The lowest BCUT2D eigenvalue weighted by atomic mass is 10.1. The van der Waals surface area contributed by atoms with Crippen molar-refractivity contribution in [2.45, 2.75) is 26.4 Å². The molecule has 1 aromatic rings. The predicted octanol–water partition coefficient (Wildman–Crippen LogP) is 3.59. The zero-order valence-corrected chi connectivity index (χ0v) is 12.9. The minimum absolute atomic E-state index is 0.168. The molecule has 1 unspecified atom stereocenters. The van der Waals surface area contributed by atoms with E-state index in [-0.39, 0.29) is 10.6 Å².